The highest BCUT2D eigenvalue weighted by Crippen LogP contribution is 2.28. The predicted octanol–water partition coefficient (Wildman–Crippen LogP) is 2.35. The number of aliphatic carboxylic acids is 1. The molecule has 1 unspecified atom stereocenters. The minimum Gasteiger partial charge on any atom is -0.479 e. The lowest BCUT2D eigenvalue weighted by Crippen LogP contribution is -2.41. The van der Waals surface area contributed by atoms with Gasteiger partial charge in [-0.25, -0.2) is 4.79 Å². The topological polar surface area (TPSA) is 55.1 Å². The fourth-order valence-corrected chi connectivity index (χ4v) is 2.11. The van der Waals surface area contributed by atoms with Crippen LogP contribution in [0.25, 0.3) is 0 Å². The maximum Gasteiger partial charge on any atom is 0.336 e. The summed E-state index contributed by atoms with van der Waals surface area (Å²) in [7, 11) is 0. The molecular weight excluding hydrogens is 228 g/mol. The molecule has 0 aliphatic carbocycles. The van der Waals surface area contributed by atoms with E-state index in [0.29, 0.717) is 0 Å². The van der Waals surface area contributed by atoms with E-state index >= 15 is 0 Å². The molecule has 1 N–H and O–H groups in total. The van der Waals surface area contributed by atoms with Gasteiger partial charge in [0.1, 0.15) is 0 Å². The van der Waals surface area contributed by atoms with E-state index in [2.05, 4.69) is 5.10 Å². The van der Waals surface area contributed by atoms with Crippen molar-refractivity contribution in [3.8, 4) is 0 Å². The lowest BCUT2D eigenvalue weighted by atomic mass is 9.89. The summed E-state index contributed by atoms with van der Waals surface area (Å²) in [5.74, 6) is -0.917. The molecule has 0 aliphatic rings. The van der Waals surface area contributed by atoms with Crippen LogP contribution in [0.5, 0.6) is 0 Å². The first-order valence-electron chi connectivity index (χ1n) is 5.77. The second-order valence-corrected chi connectivity index (χ2v) is 4.65. The van der Waals surface area contributed by atoms with Crippen LogP contribution in [0, 0.1) is 13.8 Å². The maximum absolute atomic E-state index is 11.7. The smallest absolute Gasteiger partial charge is 0.336 e. The van der Waals surface area contributed by atoms with Crippen molar-refractivity contribution >= 4 is 5.97 Å². The zero-order valence-corrected chi connectivity index (χ0v) is 10.7. The first kappa shape index (κ1) is 12.4. The number of carboxylic acid groups (broad SMARTS) is 1. The van der Waals surface area contributed by atoms with Crippen molar-refractivity contribution in [1.29, 1.82) is 0 Å². The van der Waals surface area contributed by atoms with E-state index in [4.69, 9.17) is 0 Å². The van der Waals surface area contributed by atoms with Gasteiger partial charge >= 0.3 is 5.97 Å². The van der Waals surface area contributed by atoms with Crippen LogP contribution in [-0.2, 0) is 10.3 Å². The molecule has 0 saturated heterocycles. The highest BCUT2D eigenvalue weighted by Gasteiger charge is 2.39. The van der Waals surface area contributed by atoms with Crippen LogP contribution in [0.15, 0.2) is 36.7 Å². The van der Waals surface area contributed by atoms with E-state index in [-0.39, 0.29) is 0 Å². The maximum atomic E-state index is 11.7. The molecule has 0 bridgehead atoms. The molecule has 1 aromatic carbocycles. The SMILES string of the molecule is Cc1cnn(C(C)(C(=O)O)c2ccccc2C)c1. The van der Waals surface area contributed by atoms with Crippen molar-refractivity contribution in [3.63, 3.8) is 0 Å². The number of aryl methyl sites for hydroxylation is 2. The Morgan fingerprint density at radius 1 is 1.33 bits per heavy atom. The Bertz CT molecular complexity index is 589. The molecule has 1 atom stereocenters. The molecule has 0 amide bonds. The third-order valence-corrected chi connectivity index (χ3v) is 3.26. The number of hydrogen-bond donors (Lipinski definition) is 1. The van der Waals surface area contributed by atoms with Gasteiger partial charge in [-0.1, -0.05) is 24.3 Å². The second-order valence-electron chi connectivity index (χ2n) is 4.65. The molecule has 0 aliphatic heterocycles. The molecule has 2 aromatic rings. The summed E-state index contributed by atoms with van der Waals surface area (Å²) in [6.07, 6.45) is 3.42. The summed E-state index contributed by atoms with van der Waals surface area (Å²) in [5, 5.41) is 13.8. The van der Waals surface area contributed by atoms with Crippen molar-refractivity contribution in [2.75, 3.05) is 0 Å². The van der Waals surface area contributed by atoms with Gasteiger partial charge in [-0.3, -0.25) is 4.68 Å². The van der Waals surface area contributed by atoms with E-state index in [9.17, 15) is 9.90 Å². The van der Waals surface area contributed by atoms with Gasteiger partial charge in [-0.2, -0.15) is 5.10 Å². The number of rotatable bonds is 3. The van der Waals surface area contributed by atoms with Gasteiger partial charge in [0.25, 0.3) is 0 Å². The Morgan fingerprint density at radius 2 is 2.00 bits per heavy atom. The molecule has 4 nitrogen and oxygen atoms in total. The Morgan fingerprint density at radius 3 is 2.50 bits per heavy atom. The molecule has 0 saturated carbocycles. The fraction of sp³-hybridized carbons (Fsp3) is 0.286. The van der Waals surface area contributed by atoms with Gasteiger partial charge in [-0.05, 0) is 37.5 Å². The predicted molar refractivity (Wildman–Crippen MR) is 68.5 cm³/mol. The number of hydrogen-bond acceptors (Lipinski definition) is 2. The third kappa shape index (κ3) is 1.79. The largest absolute Gasteiger partial charge is 0.479 e. The third-order valence-electron chi connectivity index (χ3n) is 3.26. The zero-order chi connectivity index (χ0) is 13.3. The van der Waals surface area contributed by atoms with E-state index in [1.54, 1.807) is 19.3 Å². The van der Waals surface area contributed by atoms with Gasteiger partial charge in [0, 0.05) is 6.20 Å². The van der Waals surface area contributed by atoms with E-state index in [0.717, 1.165) is 16.7 Å². The summed E-state index contributed by atoms with van der Waals surface area (Å²) in [4.78, 5) is 11.7. The molecule has 0 fully saturated rings. The lowest BCUT2D eigenvalue weighted by molar-refractivity contribution is -0.144. The Balaban J connectivity index is 2.66. The van der Waals surface area contributed by atoms with Crippen LogP contribution < -0.4 is 0 Å². The van der Waals surface area contributed by atoms with E-state index in [1.165, 1.54) is 4.68 Å². The number of nitrogens with zero attached hydrogens (tertiary/aromatic N) is 2. The van der Waals surface area contributed by atoms with Gasteiger partial charge in [-0.15, -0.1) is 0 Å². The Kier molecular flexibility index (Phi) is 2.95. The summed E-state index contributed by atoms with van der Waals surface area (Å²) >= 11 is 0. The highest BCUT2D eigenvalue weighted by atomic mass is 16.4. The van der Waals surface area contributed by atoms with Crippen molar-refractivity contribution in [3.05, 3.63) is 53.3 Å². The first-order valence-corrected chi connectivity index (χ1v) is 5.77. The Labute approximate surface area is 106 Å². The first-order chi connectivity index (χ1) is 8.46. The molecule has 18 heavy (non-hydrogen) atoms. The number of benzene rings is 1. The normalized spacial score (nSPS) is 14.2. The number of aromatic nitrogens is 2. The number of carbonyl (C=O) groups is 1. The Hall–Kier alpha value is -2.10. The molecule has 94 valence electrons. The summed E-state index contributed by atoms with van der Waals surface area (Å²) in [6, 6.07) is 7.49. The van der Waals surface area contributed by atoms with Gasteiger partial charge < -0.3 is 5.11 Å². The van der Waals surface area contributed by atoms with Gasteiger partial charge in [0.05, 0.1) is 6.20 Å². The molecule has 4 heteroatoms. The van der Waals surface area contributed by atoms with Crippen molar-refractivity contribution < 1.29 is 9.90 Å². The molecule has 0 spiro atoms. The molecule has 1 heterocycles. The summed E-state index contributed by atoms with van der Waals surface area (Å²) in [6.45, 7) is 5.47. The van der Waals surface area contributed by atoms with Crippen LogP contribution in [-0.4, -0.2) is 20.9 Å². The minimum atomic E-state index is -1.18. The average Bonchev–Trinajstić information content (AvgIpc) is 2.75. The minimum absolute atomic E-state index is 0.751. The van der Waals surface area contributed by atoms with Crippen LogP contribution in [0.1, 0.15) is 23.6 Å². The van der Waals surface area contributed by atoms with Gasteiger partial charge in [0.15, 0.2) is 5.54 Å². The van der Waals surface area contributed by atoms with Crippen LogP contribution in [0.3, 0.4) is 0 Å². The fourth-order valence-electron chi connectivity index (χ4n) is 2.11. The van der Waals surface area contributed by atoms with Gasteiger partial charge in [0.2, 0.25) is 0 Å². The molecular formula is C14H16N2O2. The van der Waals surface area contributed by atoms with E-state index < -0.39 is 11.5 Å². The molecule has 2 rings (SSSR count). The number of carboxylic acids is 1. The van der Waals surface area contributed by atoms with Crippen molar-refractivity contribution in [2.24, 2.45) is 0 Å². The van der Waals surface area contributed by atoms with Crippen LogP contribution in [0.2, 0.25) is 0 Å². The van der Waals surface area contributed by atoms with E-state index in [1.807, 2.05) is 38.1 Å². The molecule has 1 aromatic heterocycles. The zero-order valence-electron chi connectivity index (χ0n) is 10.7. The summed E-state index contributed by atoms with van der Waals surface area (Å²) in [5.41, 5.74) is 1.45. The second kappa shape index (κ2) is 4.29. The van der Waals surface area contributed by atoms with Crippen LogP contribution in [0.4, 0.5) is 0 Å². The standard InChI is InChI=1S/C14H16N2O2/c1-10-8-15-16(9-10)14(3,13(17)18)12-7-5-4-6-11(12)2/h4-9H,1-3H3,(H,17,18). The lowest BCUT2D eigenvalue weighted by Gasteiger charge is -2.27. The monoisotopic (exact) mass is 244 g/mol. The van der Waals surface area contributed by atoms with Crippen LogP contribution >= 0.6 is 0 Å². The quantitative estimate of drug-likeness (QED) is 0.901. The molecule has 0 radical (unpaired) electrons. The highest BCUT2D eigenvalue weighted by molar-refractivity contribution is 5.81. The summed E-state index contributed by atoms with van der Waals surface area (Å²) < 4.78 is 1.51. The van der Waals surface area contributed by atoms with Crippen molar-refractivity contribution in [2.45, 2.75) is 26.3 Å². The average molecular weight is 244 g/mol. The van der Waals surface area contributed by atoms with Crippen molar-refractivity contribution in [1.82, 2.24) is 9.78 Å².